The molecule has 2 heterocycles. The number of nitrogens with one attached hydrogen (secondary N) is 1. The number of carbonyl (C=O) groups excluding carboxylic acids is 1. The Balaban J connectivity index is 1.41. The summed E-state index contributed by atoms with van der Waals surface area (Å²) in [4.78, 5) is 20.9. The van der Waals surface area contributed by atoms with E-state index in [4.69, 9.17) is 9.73 Å². The normalized spacial score (nSPS) is 34.3. The van der Waals surface area contributed by atoms with Gasteiger partial charge in [0.15, 0.2) is 5.96 Å². The fourth-order valence-electron chi connectivity index (χ4n) is 5.66. The lowest BCUT2D eigenvalue weighted by Gasteiger charge is -2.31. The molecule has 6 nitrogen and oxygen atoms in total. The van der Waals surface area contributed by atoms with Gasteiger partial charge in [0.1, 0.15) is 6.54 Å². The highest BCUT2D eigenvalue weighted by Crippen LogP contribution is 2.44. The summed E-state index contributed by atoms with van der Waals surface area (Å²) < 4.78 is 5.55. The van der Waals surface area contributed by atoms with Gasteiger partial charge < -0.3 is 19.9 Å². The van der Waals surface area contributed by atoms with Crippen LogP contribution in [0.5, 0.6) is 0 Å². The lowest BCUT2D eigenvalue weighted by molar-refractivity contribution is -0.127. The van der Waals surface area contributed by atoms with E-state index in [0.717, 1.165) is 55.9 Å². The molecule has 0 radical (unpaired) electrons. The lowest BCUT2D eigenvalue weighted by atomic mass is 9.85. The van der Waals surface area contributed by atoms with Crippen LogP contribution in [0.25, 0.3) is 0 Å². The zero-order valence-electron chi connectivity index (χ0n) is 17.0. The zero-order valence-corrected chi connectivity index (χ0v) is 17.0. The molecule has 0 aromatic rings. The van der Waals surface area contributed by atoms with Crippen molar-refractivity contribution in [2.24, 2.45) is 28.7 Å². The van der Waals surface area contributed by atoms with E-state index in [0.29, 0.717) is 6.04 Å². The molecule has 6 heteroatoms. The number of rotatable bonds is 4. The quantitative estimate of drug-likeness (QED) is 0.602. The van der Waals surface area contributed by atoms with Crippen molar-refractivity contribution in [3.8, 4) is 0 Å². The summed E-state index contributed by atoms with van der Waals surface area (Å²) in [5, 5.41) is 3.79. The Morgan fingerprint density at radius 3 is 2.56 bits per heavy atom. The lowest BCUT2D eigenvalue weighted by Crippen LogP contribution is -2.47. The molecule has 2 aliphatic heterocycles. The monoisotopic (exact) mass is 376 g/mol. The van der Waals surface area contributed by atoms with Crippen molar-refractivity contribution >= 4 is 11.9 Å². The van der Waals surface area contributed by atoms with Gasteiger partial charge in [0, 0.05) is 46.4 Å². The summed E-state index contributed by atoms with van der Waals surface area (Å²) in [6.07, 6.45) is 9.06. The molecular weight excluding hydrogens is 340 g/mol. The standard InChI is InChI=1S/C21H36N4O2/c1-24(2)20(26)13-22-21(23-19-12-15-3-4-17(19)11-15)25-8-5-18(14-25)16-6-9-27-10-7-16/h15-19H,3-14H2,1-2H3,(H,22,23). The number of likely N-dealkylation sites (N-methyl/N-ethyl adjacent to an activating group) is 1. The summed E-state index contributed by atoms with van der Waals surface area (Å²) in [6.45, 7) is 4.22. The first-order chi connectivity index (χ1) is 13.1. The van der Waals surface area contributed by atoms with Crippen LogP contribution >= 0.6 is 0 Å². The van der Waals surface area contributed by atoms with Crippen LogP contribution in [-0.4, -0.2) is 74.7 Å². The molecule has 4 fully saturated rings. The average molecular weight is 377 g/mol. The first-order valence-corrected chi connectivity index (χ1v) is 10.9. The third-order valence-electron chi connectivity index (χ3n) is 7.37. The Morgan fingerprint density at radius 2 is 1.89 bits per heavy atom. The molecule has 27 heavy (non-hydrogen) atoms. The molecule has 2 saturated carbocycles. The Bertz CT molecular complexity index is 558. The molecule has 1 N–H and O–H groups in total. The van der Waals surface area contributed by atoms with Crippen molar-refractivity contribution in [3.05, 3.63) is 0 Å². The van der Waals surface area contributed by atoms with Gasteiger partial charge in [0.05, 0.1) is 0 Å². The molecule has 0 aromatic heterocycles. The van der Waals surface area contributed by atoms with Crippen molar-refractivity contribution in [1.29, 1.82) is 0 Å². The van der Waals surface area contributed by atoms with Gasteiger partial charge in [-0.05, 0) is 62.2 Å². The van der Waals surface area contributed by atoms with Gasteiger partial charge in [-0.15, -0.1) is 0 Å². The molecule has 4 atom stereocenters. The number of carbonyl (C=O) groups is 1. The molecular formula is C21H36N4O2. The fraction of sp³-hybridized carbons (Fsp3) is 0.905. The zero-order chi connectivity index (χ0) is 18.8. The van der Waals surface area contributed by atoms with E-state index in [1.165, 1.54) is 44.9 Å². The summed E-state index contributed by atoms with van der Waals surface area (Å²) >= 11 is 0. The molecule has 1 amide bonds. The van der Waals surface area contributed by atoms with E-state index in [-0.39, 0.29) is 12.5 Å². The van der Waals surface area contributed by atoms with Crippen LogP contribution in [-0.2, 0) is 9.53 Å². The van der Waals surface area contributed by atoms with Crippen LogP contribution in [0.15, 0.2) is 4.99 Å². The van der Waals surface area contributed by atoms with Crippen LogP contribution in [0.4, 0.5) is 0 Å². The van der Waals surface area contributed by atoms with Crippen LogP contribution in [0, 0.1) is 23.7 Å². The first-order valence-electron chi connectivity index (χ1n) is 10.9. The molecule has 0 aromatic carbocycles. The second-order valence-electron chi connectivity index (χ2n) is 9.30. The Kier molecular flexibility index (Phi) is 5.90. The van der Waals surface area contributed by atoms with Gasteiger partial charge in [-0.25, -0.2) is 4.99 Å². The van der Waals surface area contributed by atoms with Crippen LogP contribution < -0.4 is 5.32 Å². The molecule has 2 bridgehead atoms. The fourth-order valence-corrected chi connectivity index (χ4v) is 5.66. The van der Waals surface area contributed by atoms with E-state index in [1.54, 1.807) is 19.0 Å². The second kappa shape index (κ2) is 8.38. The smallest absolute Gasteiger partial charge is 0.243 e. The van der Waals surface area contributed by atoms with E-state index in [2.05, 4.69) is 10.2 Å². The highest BCUT2D eigenvalue weighted by Gasteiger charge is 2.41. The van der Waals surface area contributed by atoms with Gasteiger partial charge in [-0.3, -0.25) is 4.79 Å². The molecule has 2 aliphatic carbocycles. The molecule has 4 aliphatic rings. The number of hydrogen-bond donors (Lipinski definition) is 1. The molecule has 4 unspecified atom stereocenters. The molecule has 4 rings (SSSR count). The maximum absolute atomic E-state index is 12.1. The van der Waals surface area contributed by atoms with Crippen molar-refractivity contribution < 1.29 is 9.53 Å². The number of hydrogen-bond acceptors (Lipinski definition) is 3. The average Bonchev–Trinajstić information content (AvgIpc) is 3.42. The van der Waals surface area contributed by atoms with Crippen LogP contribution in [0.1, 0.15) is 44.9 Å². The summed E-state index contributed by atoms with van der Waals surface area (Å²) in [5.41, 5.74) is 0. The minimum atomic E-state index is 0.0717. The summed E-state index contributed by atoms with van der Waals surface area (Å²) in [7, 11) is 3.61. The predicted molar refractivity (Wildman–Crippen MR) is 107 cm³/mol. The Labute approximate surface area is 163 Å². The van der Waals surface area contributed by atoms with Crippen LogP contribution in [0.3, 0.4) is 0 Å². The van der Waals surface area contributed by atoms with Crippen molar-refractivity contribution in [3.63, 3.8) is 0 Å². The number of nitrogens with zero attached hydrogens (tertiary/aromatic N) is 3. The number of aliphatic imine (C=N–C) groups is 1. The summed E-state index contributed by atoms with van der Waals surface area (Å²) in [5.74, 6) is 4.30. The van der Waals surface area contributed by atoms with E-state index in [9.17, 15) is 4.79 Å². The van der Waals surface area contributed by atoms with E-state index in [1.807, 2.05) is 0 Å². The van der Waals surface area contributed by atoms with Gasteiger partial charge in [0.25, 0.3) is 0 Å². The molecule has 152 valence electrons. The highest BCUT2D eigenvalue weighted by atomic mass is 16.5. The van der Waals surface area contributed by atoms with E-state index < -0.39 is 0 Å². The van der Waals surface area contributed by atoms with E-state index >= 15 is 0 Å². The number of fused-ring (bicyclic) bond motifs is 2. The number of amides is 1. The highest BCUT2D eigenvalue weighted by molar-refractivity contribution is 5.85. The molecule has 0 spiro atoms. The topological polar surface area (TPSA) is 57.2 Å². The minimum Gasteiger partial charge on any atom is -0.381 e. The largest absolute Gasteiger partial charge is 0.381 e. The molecule has 2 saturated heterocycles. The number of guanidine groups is 1. The third kappa shape index (κ3) is 4.41. The maximum atomic E-state index is 12.1. The van der Waals surface area contributed by atoms with Crippen molar-refractivity contribution in [1.82, 2.24) is 15.1 Å². The number of ether oxygens (including phenoxy) is 1. The van der Waals surface area contributed by atoms with Crippen molar-refractivity contribution in [2.75, 3.05) is 46.9 Å². The van der Waals surface area contributed by atoms with Crippen LogP contribution in [0.2, 0.25) is 0 Å². The van der Waals surface area contributed by atoms with Gasteiger partial charge in [0.2, 0.25) is 5.91 Å². The minimum absolute atomic E-state index is 0.0717. The Morgan fingerprint density at radius 1 is 1.07 bits per heavy atom. The third-order valence-corrected chi connectivity index (χ3v) is 7.37. The second-order valence-corrected chi connectivity index (χ2v) is 9.30. The predicted octanol–water partition coefficient (Wildman–Crippen LogP) is 1.96. The number of likely N-dealkylation sites (tertiary alicyclic amines) is 1. The maximum Gasteiger partial charge on any atom is 0.243 e. The SMILES string of the molecule is CN(C)C(=O)CN=C(NC1CC2CCC1C2)N1CCC(C2CCOCC2)C1. The van der Waals surface area contributed by atoms with Gasteiger partial charge in [-0.2, -0.15) is 0 Å². The first kappa shape index (κ1) is 19.0. The summed E-state index contributed by atoms with van der Waals surface area (Å²) in [6, 6.07) is 0.555. The Hall–Kier alpha value is -1.30. The van der Waals surface area contributed by atoms with Gasteiger partial charge in [-0.1, -0.05) is 6.42 Å². The van der Waals surface area contributed by atoms with Gasteiger partial charge >= 0.3 is 0 Å². The van der Waals surface area contributed by atoms with Crippen molar-refractivity contribution in [2.45, 2.75) is 51.0 Å².